The van der Waals surface area contributed by atoms with Crippen LogP contribution in [0, 0.1) is 0 Å². The lowest BCUT2D eigenvalue weighted by molar-refractivity contribution is 0.163. The van der Waals surface area contributed by atoms with Gasteiger partial charge in [-0.2, -0.15) is 0 Å². The van der Waals surface area contributed by atoms with Gasteiger partial charge >= 0.3 is 0 Å². The molecule has 0 aliphatic carbocycles. The van der Waals surface area contributed by atoms with E-state index >= 15 is 0 Å². The Balaban J connectivity index is 0.00000625. The van der Waals surface area contributed by atoms with E-state index < -0.39 is 0 Å². The molecule has 0 fully saturated rings. The number of guanidine groups is 1. The quantitative estimate of drug-likeness (QED) is 0.301. The number of methoxy groups -OCH3 is 1. The summed E-state index contributed by atoms with van der Waals surface area (Å²) in [5.41, 5.74) is 1.23. The largest absolute Gasteiger partial charge is 0.494 e. The maximum atomic E-state index is 5.49. The number of hydrogen-bond donors (Lipinski definition) is 1. The maximum absolute atomic E-state index is 5.49. The molecule has 0 aliphatic heterocycles. The van der Waals surface area contributed by atoms with Gasteiger partial charge in [-0.3, -0.25) is 4.99 Å². The Bertz CT molecular complexity index is 497. The van der Waals surface area contributed by atoms with Gasteiger partial charge in [0.2, 0.25) is 0 Å². The number of hydrogen-bond acceptors (Lipinski definition) is 4. The van der Waals surface area contributed by atoms with Gasteiger partial charge < -0.3 is 24.6 Å². The van der Waals surface area contributed by atoms with E-state index in [1.165, 1.54) is 5.56 Å². The normalized spacial score (nSPS) is 11.2. The molecule has 1 rings (SSSR count). The van der Waals surface area contributed by atoms with Crippen LogP contribution in [0.5, 0.6) is 5.75 Å². The smallest absolute Gasteiger partial charge is 0.194 e. The molecule has 1 N–H and O–H groups in total. The van der Waals surface area contributed by atoms with E-state index in [0.717, 1.165) is 51.0 Å². The van der Waals surface area contributed by atoms with Crippen molar-refractivity contribution in [3.8, 4) is 5.75 Å². The van der Waals surface area contributed by atoms with E-state index in [0.29, 0.717) is 6.61 Å². The van der Waals surface area contributed by atoms with Crippen LogP contribution in [0.25, 0.3) is 0 Å². The molecule has 0 bridgehead atoms. The van der Waals surface area contributed by atoms with E-state index in [1.54, 1.807) is 7.11 Å². The highest BCUT2D eigenvalue weighted by Crippen LogP contribution is 2.13. The predicted molar refractivity (Wildman–Crippen MR) is 120 cm³/mol. The Morgan fingerprint density at radius 3 is 2.38 bits per heavy atom. The number of aliphatic imine (C=N–C) groups is 1. The zero-order valence-corrected chi connectivity index (χ0v) is 19.2. The fourth-order valence-electron chi connectivity index (χ4n) is 2.36. The highest BCUT2D eigenvalue weighted by atomic mass is 127. The van der Waals surface area contributed by atoms with Crippen LogP contribution in [0.3, 0.4) is 0 Å². The summed E-state index contributed by atoms with van der Waals surface area (Å²) in [4.78, 5) is 9.10. The van der Waals surface area contributed by atoms with Crippen molar-refractivity contribution < 1.29 is 9.47 Å². The zero-order chi connectivity index (χ0) is 18.5. The molecule has 7 heteroatoms. The molecule has 0 amide bonds. The number of nitrogens with zero attached hydrogens (tertiary/aromatic N) is 3. The first kappa shape index (κ1) is 24.9. The van der Waals surface area contributed by atoms with Crippen molar-refractivity contribution in [2.75, 3.05) is 60.6 Å². The van der Waals surface area contributed by atoms with Crippen LogP contribution >= 0.6 is 24.0 Å². The number of halogens is 1. The van der Waals surface area contributed by atoms with Gasteiger partial charge in [-0.15, -0.1) is 24.0 Å². The molecule has 0 unspecified atom stereocenters. The minimum Gasteiger partial charge on any atom is -0.494 e. The van der Waals surface area contributed by atoms with Crippen LogP contribution in [0.2, 0.25) is 0 Å². The molecule has 150 valence electrons. The monoisotopic (exact) mass is 478 g/mol. The zero-order valence-electron chi connectivity index (χ0n) is 16.8. The number of ether oxygens (including phenoxy) is 2. The van der Waals surface area contributed by atoms with Gasteiger partial charge in [-0.05, 0) is 38.6 Å². The molecule has 0 spiro atoms. The minimum absolute atomic E-state index is 0. The van der Waals surface area contributed by atoms with Crippen LogP contribution in [-0.4, -0.2) is 76.4 Å². The Labute approximate surface area is 176 Å². The average Bonchev–Trinajstić information content (AvgIpc) is 2.61. The second-order valence-electron chi connectivity index (χ2n) is 5.96. The van der Waals surface area contributed by atoms with Crippen LogP contribution < -0.4 is 10.1 Å². The second kappa shape index (κ2) is 15.0. The van der Waals surface area contributed by atoms with Crippen LogP contribution in [-0.2, 0) is 11.3 Å². The molecule has 0 aliphatic rings. The van der Waals surface area contributed by atoms with E-state index in [9.17, 15) is 0 Å². The topological polar surface area (TPSA) is 49.3 Å². The first-order valence-electron chi connectivity index (χ1n) is 8.99. The van der Waals surface area contributed by atoms with Crippen molar-refractivity contribution in [2.24, 2.45) is 4.99 Å². The lowest BCUT2D eigenvalue weighted by Crippen LogP contribution is -2.39. The third-order valence-electron chi connectivity index (χ3n) is 3.77. The SMILES string of the molecule is CCNC(=NCCN(C)CCOC)N(C)Cc1ccc(OCC)cc1.I. The summed E-state index contributed by atoms with van der Waals surface area (Å²) in [7, 11) is 5.88. The van der Waals surface area contributed by atoms with Crippen molar-refractivity contribution in [1.82, 2.24) is 15.1 Å². The van der Waals surface area contributed by atoms with Gasteiger partial charge in [-0.25, -0.2) is 0 Å². The Morgan fingerprint density at radius 2 is 1.81 bits per heavy atom. The van der Waals surface area contributed by atoms with E-state index in [1.807, 2.05) is 19.1 Å². The summed E-state index contributed by atoms with van der Waals surface area (Å²) < 4.78 is 10.6. The van der Waals surface area contributed by atoms with Gasteiger partial charge in [0, 0.05) is 40.3 Å². The molecule has 0 heterocycles. The fourth-order valence-corrected chi connectivity index (χ4v) is 2.36. The highest BCUT2D eigenvalue weighted by molar-refractivity contribution is 14.0. The van der Waals surface area contributed by atoms with Crippen molar-refractivity contribution in [1.29, 1.82) is 0 Å². The summed E-state index contributed by atoms with van der Waals surface area (Å²) in [5, 5.41) is 3.36. The van der Waals surface area contributed by atoms with Gasteiger partial charge in [-0.1, -0.05) is 12.1 Å². The molecule has 0 saturated heterocycles. The highest BCUT2D eigenvalue weighted by Gasteiger charge is 2.07. The number of nitrogens with one attached hydrogen (secondary N) is 1. The molecule has 26 heavy (non-hydrogen) atoms. The van der Waals surface area contributed by atoms with E-state index in [2.05, 4.69) is 48.3 Å². The number of benzene rings is 1. The van der Waals surface area contributed by atoms with Gasteiger partial charge in [0.05, 0.1) is 19.8 Å². The van der Waals surface area contributed by atoms with E-state index in [4.69, 9.17) is 14.5 Å². The van der Waals surface area contributed by atoms with E-state index in [-0.39, 0.29) is 24.0 Å². The second-order valence-corrected chi connectivity index (χ2v) is 5.96. The van der Waals surface area contributed by atoms with Crippen LogP contribution in [0.4, 0.5) is 0 Å². The molecule has 0 radical (unpaired) electrons. The average molecular weight is 478 g/mol. The van der Waals surface area contributed by atoms with Crippen molar-refractivity contribution in [2.45, 2.75) is 20.4 Å². The standard InChI is InChI=1S/C19H34N4O2.HI/c1-6-20-19(21-12-13-22(3)14-15-24-5)23(4)16-17-8-10-18(11-9-17)25-7-2;/h8-11H,6-7,12-16H2,1-5H3,(H,20,21);1H. The lowest BCUT2D eigenvalue weighted by atomic mass is 10.2. The molecule has 1 aromatic carbocycles. The van der Waals surface area contributed by atoms with Crippen LogP contribution in [0.1, 0.15) is 19.4 Å². The fraction of sp³-hybridized carbons (Fsp3) is 0.632. The van der Waals surface area contributed by atoms with Crippen molar-refractivity contribution >= 4 is 29.9 Å². The molecular formula is C19H35IN4O2. The van der Waals surface area contributed by atoms with Gasteiger partial charge in [0.15, 0.2) is 5.96 Å². The summed E-state index contributed by atoms with van der Waals surface area (Å²) >= 11 is 0. The summed E-state index contributed by atoms with van der Waals surface area (Å²) in [6.45, 7) is 9.77. The summed E-state index contributed by atoms with van der Waals surface area (Å²) in [6, 6.07) is 8.23. The molecule has 0 atom stereocenters. The Hall–Kier alpha value is -1.06. The van der Waals surface area contributed by atoms with Crippen molar-refractivity contribution in [3.63, 3.8) is 0 Å². The molecule has 1 aromatic rings. The predicted octanol–water partition coefficient (Wildman–Crippen LogP) is 2.68. The van der Waals surface area contributed by atoms with Gasteiger partial charge in [0.1, 0.15) is 5.75 Å². The number of rotatable bonds is 11. The van der Waals surface area contributed by atoms with Crippen LogP contribution in [0.15, 0.2) is 29.3 Å². The molecule has 0 saturated carbocycles. The Morgan fingerprint density at radius 1 is 1.12 bits per heavy atom. The Kier molecular flexibility index (Phi) is 14.4. The molecular weight excluding hydrogens is 443 g/mol. The maximum Gasteiger partial charge on any atom is 0.194 e. The van der Waals surface area contributed by atoms with Crippen molar-refractivity contribution in [3.05, 3.63) is 29.8 Å². The molecule has 0 aromatic heterocycles. The minimum atomic E-state index is 0. The third-order valence-corrected chi connectivity index (χ3v) is 3.77. The number of likely N-dealkylation sites (N-methyl/N-ethyl adjacent to an activating group) is 1. The van der Waals surface area contributed by atoms with Gasteiger partial charge in [0.25, 0.3) is 0 Å². The lowest BCUT2D eigenvalue weighted by Gasteiger charge is -2.23. The molecule has 6 nitrogen and oxygen atoms in total. The summed E-state index contributed by atoms with van der Waals surface area (Å²) in [5.74, 6) is 1.84. The summed E-state index contributed by atoms with van der Waals surface area (Å²) in [6.07, 6.45) is 0. The third kappa shape index (κ3) is 10.2. The first-order valence-corrected chi connectivity index (χ1v) is 8.99. The first-order chi connectivity index (χ1) is 12.1.